The summed E-state index contributed by atoms with van der Waals surface area (Å²) in [5, 5.41) is 8.72. The minimum atomic E-state index is 0.220. The molecule has 0 unspecified atom stereocenters. The van der Waals surface area contributed by atoms with Gasteiger partial charge >= 0.3 is 0 Å². The lowest BCUT2D eigenvalue weighted by Crippen LogP contribution is -2.51. The number of aliphatic hydroxyl groups is 1. The first-order chi connectivity index (χ1) is 5.77. The Labute approximate surface area is 73.4 Å². The smallest absolute Gasteiger partial charge is 0.222 e. The molecule has 12 heavy (non-hydrogen) atoms. The standard InChI is InChI=1S/C9H17NO2/c1-2-3-4-9(12)10-5-8(6-10)7-11/h8,11H,2-7H2,1H3. The Balaban J connectivity index is 2.11. The van der Waals surface area contributed by atoms with Crippen LogP contribution in [0.4, 0.5) is 0 Å². The lowest BCUT2D eigenvalue weighted by molar-refractivity contribution is -0.138. The molecule has 1 fully saturated rings. The predicted molar refractivity (Wildman–Crippen MR) is 46.7 cm³/mol. The Morgan fingerprint density at radius 2 is 2.25 bits per heavy atom. The quantitative estimate of drug-likeness (QED) is 0.674. The van der Waals surface area contributed by atoms with Gasteiger partial charge in [-0.25, -0.2) is 0 Å². The van der Waals surface area contributed by atoms with E-state index in [1.807, 2.05) is 4.90 Å². The van der Waals surface area contributed by atoms with Crippen molar-refractivity contribution in [2.24, 2.45) is 5.92 Å². The maximum Gasteiger partial charge on any atom is 0.222 e. The molecule has 1 heterocycles. The Kier molecular flexibility index (Phi) is 3.53. The molecule has 0 spiro atoms. The van der Waals surface area contributed by atoms with Crippen LogP contribution in [-0.2, 0) is 4.79 Å². The van der Waals surface area contributed by atoms with Crippen molar-refractivity contribution in [1.29, 1.82) is 0 Å². The van der Waals surface area contributed by atoms with E-state index in [9.17, 15) is 4.79 Å². The van der Waals surface area contributed by atoms with Gasteiger partial charge in [0.25, 0.3) is 0 Å². The van der Waals surface area contributed by atoms with Crippen molar-refractivity contribution >= 4 is 5.91 Å². The van der Waals surface area contributed by atoms with Crippen LogP contribution in [0.1, 0.15) is 26.2 Å². The van der Waals surface area contributed by atoms with Crippen LogP contribution in [0.2, 0.25) is 0 Å². The number of carbonyl (C=O) groups excluding carboxylic acids is 1. The molecule has 70 valence electrons. The zero-order valence-electron chi connectivity index (χ0n) is 7.62. The van der Waals surface area contributed by atoms with E-state index in [2.05, 4.69) is 6.92 Å². The fourth-order valence-corrected chi connectivity index (χ4v) is 1.38. The van der Waals surface area contributed by atoms with Crippen LogP contribution in [0.25, 0.3) is 0 Å². The topological polar surface area (TPSA) is 40.5 Å². The first-order valence-electron chi connectivity index (χ1n) is 4.66. The van der Waals surface area contributed by atoms with E-state index < -0.39 is 0 Å². The Morgan fingerprint density at radius 3 is 2.75 bits per heavy atom. The highest BCUT2D eigenvalue weighted by atomic mass is 16.3. The molecule has 0 bridgehead atoms. The number of amides is 1. The Morgan fingerprint density at radius 1 is 1.58 bits per heavy atom. The van der Waals surface area contributed by atoms with Gasteiger partial charge < -0.3 is 10.0 Å². The minimum absolute atomic E-state index is 0.220. The molecule has 1 aliphatic heterocycles. The summed E-state index contributed by atoms with van der Waals surface area (Å²) in [4.78, 5) is 13.1. The highest BCUT2D eigenvalue weighted by Gasteiger charge is 2.28. The normalized spacial score (nSPS) is 17.7. The van der Waals surface area contributed by atoms with Gasteiger partial charge in [0.1, 0.15) is 0 Å². The average Bonchev–Trinajstić information content (AvgIpc) is 1.99. The first-order valence-corrected chi connectivity index (χ1v) is 4.66. The van der Waals surface area contributed by atoms with Crippen LogP contribution >= 0.6 is 0 Å². The van der Waals surface area contributed by atoms with Gasteiger partial charge in [-0.3, -0.25) is 4.79 Å². The fraction of sp³-hybridized carbons (Fsp3) is 0.889. The predicted octanol–water partition coefficient (Wildman–Crippen LogP) is 0.627. The lowest BCUT2D eigenvalue weighted by atomic mass is 10.0. The number of likely N-dealkylation sites (tertiary alicyclic amines) is 1. The van der Waals surface area contributed by atoms with E-state index in [1.54, 1.807) is 0 Å². The number of hydrogen-bond donors (Lipinski definition) is 1. The second-order valence-electron chi connectivity index (χ2n) is 3.45. The third kappa shape index (κ3) is 2.21. The van der Waals surface area contributed by atoms with Gasteiger partial charge in [-0.1, -0.05) is 13.3 Å². The van der Waals surface area contributed by atoms with Crippen molar-refractivity contribution < 1.29 is 9.90 Å². The summed E-state index contributed by atoms with van der Waals surface area (Å²) < 4.78 is 0. The zero-order valence-corrected chi connectivity index (χ0v) is 7.62. The number of unbranched alkanes of at least 4 members (excludes halogenated alkanes) is 1. The van der Waals surface area contributed by atoms with E-state index in [0.717, 1.165) is 25.9 Å². The largest absolute Gasteiger partial charge is 0.396 e. The number of nitrogens with zero attached hydrogens (tertiary/aromatic N) is 1. The van der Waals surface area contributed by atoms with Crippen molar-refractivity contribution in [3.05, 3.63) is 0 Å². The van der Waals surface area contributed by atoms with Crippen molar-refractivity contribution in [2.45, 2.75) is 26.2 Å². The molecule has 0 aromatic heterocycles. The molecule has 0 aliphatic carbocycles. The zero-order chi connectivity index (χ0) is 8.97. The highest BCUT2D eigenvalue weighted by Crippen LogP contribution is 2.16. The minimum Gasteiger partial charge on any atom is -0.396 e. The fourth-order valence-electron chi connectivity index (χ4n) is 1.38. The van der Waals surface area contributed by atoms with Crippen LogP contribution in [0.15, 0.2) is 0 Å². The molecule has 1 amide bonds. The summed E-state index contributed by atoms with van der Waals surface area (Å²) in [6, 6.07) is 0. The van der Waals surface area contributed by atoms with E-state index >= 15 is 0 Å². The lowest BCUT2D eigenvalue weighted by Gasteiger charge is -2.38. The van der Waals surface area contributed by atoms with Crippen molar-refractivity contribution in [3.63, 3.8) is 0 Å². The summed E-state index contributed by atoms with van der Waals surface area (Å²) in [6.07, 6.45) is 2.73. The molecular formula is C9H17NO2. The number of rotatable bonds is 4. The monoisotopic (exact) mass is 171 g/mol. The van der Waals surface area contributed by atoms with E-state index in [4.69, 9.17) is 5.11 Å². The second kappa shape index (κ2) is 4.45. The Hall–Kier alpha value is -0.570. The summed E-state index contributed by atoms with van der Waals surface area (Å²) in [5.41, 5.74) is 0. The van der Waals surface area contributed by atoms with Crippen molar-refractivity contribution in [3.8, 4) is 0 Å². The van der Waals surface area contributed by atoms with Crippen molar-refractivity contribution in [1.82, 2.24) is 4.90 Å². The van der Waals surface area contributed by atoms with Gasteiger partial charge in [-0.05, 0) is 6.42 Å². The second-order valence-corrected chi connectivity index (χ2v) is 3.45. The summed E-state index contributed by atoms with van der Waals surface area (Å²) >= 11 is 0. The summed E-state index contributed by atoms with van der Waals surface area (Å²) in [6.45, 7) is 3.83. The molecule has 1 saturated heterocycles. The van der Waals surface area contributed by atoms with Gasteiger partial charge in [0.05, 0.1) is 0 Å². The molecule has 0 atom stereocenters. The number of hydrogen-bond acceptors (Lipinski definition) is 2. The van der Waals surface area contributed by atoms with Crippen LogP contribution in [0, 0.1) is 5.92 Å². The third-order valence-corrected chi connectivity index (χ3v) is 2.31. The molecule has 0 saturated carbocycles. The molecule has 0 radical (unpaired) electrons. The van der Waals surface area contributed by atoms with Crippen molar-refractivity contribution in [2.75, 3.05) is 19.7 Å². The van der Waals surface area contributed by atoms with Crippen LogP contribution < -0.4 is 0 Å². The van der Waals surface area contributed by atoms with Crippen LogP contribution in [-0.4, -0.2) is 35.6 Å². The molecule has 1 aliphatic rings. The molecule has 0 aromatic rings. The van der Waals surface area contributed by atoms with Gasteiger partial charge in [0.15, 0.2) is 0 Å². The molecule has 1 rings (SSSR count). The number of aliphatic hydroxyl groups excluding tert-OH is 1. The summed E-state index contributed by atoms with van der Waals surface area (Å²) in [7, 11) is 0. The third-order valence-electron chi connectivity index (χ3n) is 2.31. The molecule has 3 nitrogen and oxygen atoms in total. The first kappa shape index (κ1) is 9.52. The molecule has 0 aromatic carbocycles. The summed E-state index contributed by atoms with van der Waals surface area (Å²) in [5.74, 6) is 0.595. The van der Waals surface area contributed by atoms with E-state index in [0.29, 0.717) is 12.3 Å². The van der Waals surface area contributed by atoms with Gasteiger partial charge in [-0.15, -0.1) is 0 Å². The molecule has 3 heteroatoms. The maximum atomic E-state index is 11.3. The highest BCUT2D eigenvalue weighted by molar-refractivity contribution is 5.76. The van der Waals surface area contributed by atoms with Crippen LogP contribution in [0.5, 0.6) is 0 Å². The van der Waals surface area contributed by atoms with E-state index in [-0.39, 0.29) is 12.5 Å². The SMILES string of the molecule is CCCCC(=O)N1CC(CO)C1. The Bertz CT molecular complexity index is 153. The molecular weight excluding hydrogens is 154 g/mol. The van der Waals surface area contributed by atoms with E-state index in [1.165, 1.54) is 0 Å². The van der Waals surface area contributed by atoms with Gasteiger partial charge in [0.2, 0.25) is 5.91 Å². The van der Waals surface area contributed by atoms with Gasteiger partial charge in [0, 0.05) is 32.0 Å². The van der Waals surface area contributed by atoms with Gasteiger partial charge in [-0.2, -0.15) is 0 Å². The average molecular weight is 171 g/mol. The maximum absolute atomic E-state index is 11.3. The number of carbonyl (C=O) groups is 1. The van der Waals surface area contributed by atoms with Crippen LogP contribution in [0.3, 0.4) is 0 Å². The molecule has 1 N–H and O–H groups in total.